The molecule has 106 valence electrons. The number of nitrogens with zero attached hydrogens (tertiary/aromatic N) is 2. The molecule has 0 saturated carbocycles. The van der Waals surface area contributed by atoms with E-state index in [1.807, 2.05) is 18.2 Å². The Kier molecular flexibility index (Phi) is 3.39. The summed E-state index contributed by atoms with van der Waals surface area (Å²) in [6.45, 7) is 0. The Bertz CT molecular complexity index is 842. The van der Waals surface area contributed by atoms with Crippen LogP contribution in [-0.2, 0) is 0 Å². The number of aromatic carboxylic acids is 1. The zero-order chi connectivity index (χ0) is 15.0. The van der Waals surface area contributed by atoms with Crippen LogP contribution in [0.15, 0.2) is 47.2 Å². The number of carbonyl (C=O) groups is 1. The van der Waals surface area contributed by atoms with E-state index in [0.29, 0.717) is 16.8 Å². The van der Waals surface area contributed by atoms with Gasteiger partial charge in [-0.1, -0.05) is 22.0 Å². The molecule has 0 atom stereocenters. The molecule has 0 fully saturated rings. The van der Waals surface area contributed by atoms with Gasteiger partial charge in [-0.2, -0.15) is 0 Å². The van der Waals surface area contributed by atoms with E-state index < -0.39 is 5.97 Å². The zero-order valence-corrected chi connectivity index (χ0v) is 12.7. The summed E-state index contributed by atoms with van der Waals surface area (Å²) >= 11 is 3.42. The first-order valence-corrected chi connectivity index (χ1v) is 6.94. The normalized spacial score (nSPS) is 10.8. The van der Waals surface area contributed by atoms with Crippen LogP contribution in [0.1, 0.15) is 10.4 Å². The molecule has 0 radical (unpaired) electrons. The van der Waals surface area contributed by atoms with Crippen LogP contribution in [0.3, 0.4) is 0 Å². The number of fused-ring (bicyclic) bond motifs is 1. The van der Waals surface area contributed by atoms with Gasteiger partial charge >= 0.3 is 5.97 Å². The van der Waals surface area contributed by atoms with Crippen LogP contribution in [0, 0.1) is 0 Å². The number of carboxylic acid groups (broad SMARTS) is 1. The number of ether oxygens (including phenoxy) is 1. The van der Waals surface area contributed by atoms with Crippen molar-refractivity contribution in [3.8, 4) is 11.4 Å². The van der Waals surface area contributed by atoms with Gasteiger partial charge in [-0.15, -0.1) is 0 Å². The van der Waals surface area contributed by atoms with Gasteiger partial charge in [-0.05, 0) is 30.3 Å². The van der Waals surface area contributed by atoms with Crippen LogP contribution in [0.2, 0.25) is 0 Å². The molecule has 0 unspecified atom stereocenters. The van der Waals surface area contributed by atoms with E-state index in [1.165, 1.54) is 0 Å². The molecule has 21 heavy (non-hydrogen) atoms. The van der Waals surface area contributed by atoms with Gasteiger partial charge in [0.25, 0.3) is 0 Å². The minimum Gasteiger partial charge on any atom is -0.495 e. The lowest BCUT2D eigenvalue weighted by atomic mass is 10.1. The highest BCUT2D eigenvalue weighted by atomic mass is 79.9. The lowest BCUT2D eigenvalue weighted by Gasteiger charge is -2.11. The van der Waals surface area contributed by atoms with Gasteiger partial charge < -0.3 is 9.84 Å². The van der Waals surface area contributed by atoms with E-state index in [-0.39, 0.29) is 5.56 Å². The molecule has 0 bridgehead atoms. The van der Waals surface area contributed by atoms with Crippen molar-refractivity contribution in [1.82, 2.24) is 9.55 Å². The Morgan fingerprint density at radius 2 is 2.14 bits per heavy atom. The lowest BCUT2D eigenvalue weighted by molar-refractivity contribution is 0.0698. The summed E-state index contributed by atoms with van der Waals surface area (Å²) in [5, 5.41) is 9.37. The third-order valence-corrected chi connectivity index (χ3v) is 3.69. The number of hydrogen-bond acceptors (Lipinski definition) is 3. The van der Waals surface area contributed by atoms with Crippen molar-refractivity contribution in [3.63, 3.8) is 0 Å². The topological polar surface area (TPSA) is 64.4 Å². The lowest BCUT2D eigenvalue weighted by Crippen LogP contribution is -2.03. The predicted molar refractivity (Wildman–Crippen MR) is 82.3 cm³/mol. The largest absolute Gasteiger partial charge is 0.495 e. The number of rotatable bonds is 3. The van der Waals surface area contributed by atoms with Gasteiger partial charge in [0.15, 0.2) is 0 Å². The molecule has 2 aromatic carbocycles. The number of aromatic nitrogens is 2. The second-order valence-electron chi connectivity index (χ2n) is 4.41. The molecule has 3 aromatic rings. The van der Waals surface area contributed by atoms with Gasteiger partial charge in [0.1, 0.15) is 12.1 Å². The average Bonchev–Trinajstić information content (AvgIpc) is 2.90. The summed E-state index contributed by atoms with van der Waals surface area (Å²) in [5.74, 6) is -0.353. The smallest absolute Gasteiger partial charge is 0.337 e. The van der Waals surface area contributed by atoms with Gasteiger partial charge in [-0.25, -0.2) is 9.78 Å². The predicted octanol–water partition coefficient (Wildman–Crippen LogP) is 3.49. The number of halogens is 1. The van der Waals surface area contributed by atoms with Crippen LogP contribution >= 0.6 is 15.9 Å². The van der Waals surface area contributed by atoms with Crippen LogP contribution < -0.4 is 4.74 Å². The van der Waals surface area contributed by atoms with Crippen LogP contribution in [0.5, 0.6) is 5.75 Å². The van der Waals surface area contributed by atoms with Crippen LogP contribution in [0.25, 0.3) is 16.7 Å². The first kappa shape index (κ1) is 13.6. The third kappa shape index (κ3) is 2.27. The standard InChI is InChI=1S/C15H11BrN2O3/c1-21-13-6-5-9(16)7-12(13)18-8-17-11-4-2-3-10(14(11)18)15(19)20/h2-8H,1H3,(H,19,20). The molecular formula is C15H11BrN2O3. The van der Waals surface area contributed by atoms with Crippen molar-refractivity contribution in [2.24, 2.45) is 0 Å². The third-order valence-electron chi connectivity index (χ3n) is 3.20. The molecule has 0 amide bonds. The summed E-state index contributed by atoms with van der Waals surface area (Å²) in [6, 6.07) is 10.6. The molecule has 1 aromatic heterocycles. The molecule has 1 heterocycles. The van der Waals surface area contributed by atoms with E-state index in [9.17, 15) is 9.90 Å². The fraction of sp³-hybridized carbons (Fsp3) is 0.0667. The highest BCUT2D eigenvalue weighted by Gasteiger charge is 2.16. The molecule has 5 nitrogen and oxygen atoms in total. The van der Waals surface area contributed by atoms with Gasteiger partial charge in [0.2, 0.25) is 0 Å². The van der Waals surface area contributed by atoms with Crippen molar-refractivity contribution in [2.75, 3.05) is 7.11 Å². The van der Waals surface area contributed by atoms with E-state index in [2.05, 4.69) is 20.9 Å². The number of methoxy groups -OCH3 is 1. The summed E-state index contributed by atoms with van der Waals surface area (Å²) < 4.78 is 7.95. The molecule has 0 aliphatic heterocycles. The highest BCUT2D eigenvalue weighted by Crippen LogP contribution is 2.30. The van der Waals surface area contributed by atoms with Crippen LogP contribution in [0.4, 0.5) is 0 Å². The van der Waals surface area contributed by atoms with E-state index in [1.54, 1.807) is 36.2 Å². The minimum absolute atomic E-state index is 0.201. The first-order chi connectivity index (χ1) is 10.1. The highest BCUT2D eigenvalue weighted by molar-refractivity contribution is 9.10. The van der Waals surface area contributed by atoms with Crippen molar-refractivity contribution < 1.29 is 14.6 Å². The Hall–Kier alpha value is -2.34. The number of hydrogen-bond donors (Lipinski definition) is 1. The summed E-state index contributed by atoms with van der Waals surface area (Å²) in [7, 11) is 1.57. The van der Waals surface area contributed by atoms with Gasteiger partial charge in [0.05, 0.1) is 29.4 Å². The fourth-order valence-electron chi connectivity index (χ4n) is 2.27. The second-order valence-corrected chi connectivity index (χ2v) is 5.32. The number of imidazole rings is 1. The average molecular weight is 347 g/mol. The first-order valence-electron chi connectivity index (χ1n) is 6.15. The maximum Gasteiger partial charge on any atom is 0.337 e. The van der Waals surface area contributed by atoms with Crippen molar-refractivity contribution >= 4 is 32.9 Å². The zero-order valence-electron chi connectivity index (χ0n) is 11.1. The van der Waals surface area contributed by atoms with E-state index in [4.69, 9.17) is 4.74 Å². The number of para-hydroxylation sites is 1. The van der Waals surface area contributed by atoms with E-state index in [0.717, 1.165) is 10.2 Å². The summed E-state index contributed by atoms with van der Waals surface area (Å²) in [4.78, 5) is 15.7. The monoisotopic (exact) mass is 346 g/mol. The molecule has 3 rings (SSSR count). The quantitative estimate of drug-likeness (QED) is 0.788. The Balaban J connectivity index is 2.36. The number of benzene rings is 2. The van der Waals surface area contributed by atoms with E-state index >= 15 is 0 Å². The molecule has 0 aliphatic carbocycles. The number of carboxylic acids is 1. The Morgan fingerprint density at radius 1 is 1.33 bits per heavy atom. The van der Waals surface area contributed by atoms with Gasteiger partial charge in [0, 0.05) is 4.47 Å². The minimum atomic E-state index is -0.990. The maximum absolute atomic E-state index is 11.4. The molecular weight excluding hydrogens is 336 g/mol. The second kappa shape index (κ2) is 5.21. The van der Waals surface area contributed by atoms with Gasteiger partial charge in [-0.3, -0.25) is 4.57 Å². The van der Waals surface area contributed by atoms with Crippen molar-refractivity contribution in [1.29, 1.82) is 0 Å². The molecule has 0 saturated heterocycles. The van der Waals surface area contributed by atoms with Crippen molar-refractivity contribution in [3.05, 3.63) is 52.8 Å². The Morgan fingerprint density at radius 3 is 2.86 bits per heavy atom. The molecule has 0 spiro atoms. The molecule has 6 heteroatoms. The Labute approximate surface area is 128 Å². The fourth-order valence-corrected chi connectivity index (χ4v) is 2.62. The summed E-state index contributed by atoms with van der Waals surface area (Å²) in [5.41, 5.74) is 2.09. The molecule has 0 aliphatic rings. The van der Waals surface area contributed by atoms with Crippen LogP contribution in [-0.4, -0.2) is 27.7 Å². The maximum atomic E-state index is 11.4. The summed E-state index contributed by atoms with van der Waals surface area (Å²) in [6.07, 6.45) is 1.60. The van der Waals surface area contributed by atoms with Crippen molar-refractivity contribution in [2.45, 2.75) is 0 Å². The SMILES string of the molecule is COc1ccc(Br)cc1-n1cnc2cccc(C(=O)O)c21. The molecule has 1 N–H and O–H groups in total.